The number of carboxylic acid groups (broad SMARTS) is 1. The molecule has 0 aliphatic carbocycles. The van der Waals surface area contributed by atoms with Gasteiger partial charge in [0.1, 0.15) is 0 Å². The summed E-state index contributed by atoms with van der Waals surface area (Å²) in [5.41, 5.74) is 1.76. The van der Waals surface area contributed by atoms with Crippen molar-refractivity contribution in [3.63, 3.8) is 0 Å². The van der Waals surface area contributed by atoms with Gasteiger partial charge in [-0.3, -0.25) is 4.90 Å². The molecule has 1 atom stereocenters. The number of phenolic OH excluding ortho intramolecular Hbond substituents is 2. The van der Waals surface area contributed by atoms with Crippen LogP contribution in [0, 0.1) is 0 Å². The highest BCUT2D eigenvalue weighted by atomic mass is 19.4. The van der Waals surface area contributed by atoms with E-state index in [2.05, 4.69) is 0 Å². The Balaban J connectivity index is 0.000000445. The van der Waals surface area contributed by atoms with E-state index in [0.29, 0.717) is 12.1 Å². The first-order valence-corrected chi connectivity index (χ1v) is 7.73. The van der Waals surface area contributed by atoms with Crippen molar-refractivity contribution in [2.75, 3.05) is 13.6 Å². The Morgan fingerprint density at radius 3 is 2.11 bits per heavy atom. The lowest BCUT2D eigenvalue weighted by Gasteiger charge is -2.21. The van der Waals surface area contributed by atoms with Gasteiger partial charge in [-0.2, -0.15) is 13.2 Å². The molecule has 4 N–H and O–H groups in total. The highest BCUT2D eigenvalue weighted by Gasteiger charge is 2.38. The minimum Gasteiger partial charge on any atom is -0.504 e. The summed E-state index contributed by atoms with van der Waals surface area (Å²) in [7, 11) is 1.93. The van der Waals surface area contributed by atoms with E-state index in [0.717, 1.165) is 6.54 Å². The third kappa shape index (κ3) is 7.97. The number of carbonyl (C=O) groups is 1. The Bertz CT molecular complexity index is 738. The maximum absolute atomic E-state index is 10.6. The molecule has 0 aromatic heterocycles. The molecule has 0 bridgehead atoms. The van der Waals surface area contributed by atoms with Gasteiger partial charge < -0.3 is 20.4 Å². The lowest BCUT2D eigenvalue weighted by Crippen LogP contribution is -2.24. The van der Waals surface area contributed by atoms with Gasteiger partial charge in [0.2, 0.25) is 0 Å². The van der Waals surface area contributed by atoms with Gasteiger partial charge in [0, 0.05) is 13.1 Å². The van der Waals surface area contributed by atoms with Crippen LogP contribution in [0.1, 0.15) is 17.2 Å². The number of aliphatic carboxylic acids is 1. The molecule has 9 heteroatoms. The van der Waals surface area contributed by atoms with E-state index in [4.69, 9.17) is 9.90 Å². The van der Waals surface area contributed by atoms with E-state index in [1.54, 1.807) is 6.07 Å². The second-order valence-electron chi connectivity index (χ2n) is 5.75. The summed E-state index contributed by atoms with van der Waals surface area (Å²) < 4.78 is 31.7. The van der Waals surface area contributed by atoms with Crippen LogP contribution in [0.25, 0.3) is 0 Å². The monoisotopic (exact) mass is 387 g/mol. The van der Waals surface area contributed by atoms with E-state index < -0.39 is 18.2 Å². The molecule has 0 aliphatic rings. The second kappa shape index (κ2) is 9.79. The van der Waals surface area contributed by atoms with Gasteiger partial charge in [-0.1, -0.05) is 36.4 Å². The molecule has 2 rings (SSSR count). The molecule has 0 saturated carbocycles. The molecule has 2 aromatic carbocycles. The zero-order valence-corrected chi connectivity index (χ0v) is 14.4. The summed E-state index contributed by atoms with van der Waals surface area (Å²) in [5, 5.41) is 36.0. The zero-order valence-electron chi connectivity index (χ0n) is 14.4. The smallest absolute Gasteiger partial charge is 0.490 e. The van der Waals surface area contributed by atoms with Gasteiger partial charge in [-0.25, -0.2) is 4.79 Å². The number of aliphatic hydroxyl groups is 1. The molecule has 0 heterocycles. The third-order valence-corrected chi connectivity index (χ3v) is 3.41. The van der Waals surface area contributed by atoms with E-state index in [1.165, 1.54) is 17.7 Å². The van der Waals surface area contributed by atoms with E-state index in [1.807, 2.05) is 42.3 Å². The Morgan fingerprint density at radius 2 is 1.63 bits per heavy atom. The van der Waals surface area contributed by atoms with Crippen LogP contribution in [0.2, 0.25) is 0 Å². The van der Waals surface area contributed by atoms with Gasteiger partial charge in [-0.05, 0) is 30.3 Å². The number of nitrogens with zero attached hydrogens (tertiary/aromatic N) is 1. The summed E-state index contributed by atoms with van der Waals surface area (Å²) in [5.74, 6) is -3.15. The highest BCUT2D eigenvalue weighted by Crippen LogP contribution is 2.28. The maximum Gasteiger partial charge on any atom is 0.490 e. The normalized spacial score (nSPS) is 12.2. The maximum atomic E-state index is 10.6. The molecule has 27 heavy (non-hydrogen) atoms. The van der Waals surface area contributed by atoms with E-state index in [-0.39, 0.29) is 11.5 Å². The number of hydrogen-bond donors (Lipinski definition) is 4. The van der Waals surface area contributed by atoms with Crippen molar-refractivity contribution in [2.45, 2.75) is 18.8 Å². The quantitative estimate of drug-likeness (QED) is 0.589. The van der Waals surface area contributed by atoms with Crippen LogP contribution in [0.5, 0.6) is 11.5 Å². The van der Waals surface area contributed by atoms with Crippen LogP contribution >= 0.6 is 0 Å². The number of carboxylic acids is 1. The standard InChI is InChI=1S/C16H19NO3.C2HF3O2/c1-17(10-12-5-3-2-4-6-12)11-16(20)13-7-8-14(18)15(19)9-13;3-2(4,5)1(6)7/h2-9,16,18-20H,10-11H2,1H3;(H,6,7). The fourth-order valence-electron chi connectivity index (χ4n) is 2.11. The minimum atomic E-state index is -5.08. The first kappa shape index (κ1) is 22.3. The number of alkyl halides is 3. The number of benzene rings is 2. The number of phenols is 2. The van der Waals surface area contributed by atoms with Gasteiger partial charge >= 0.3 is 12.1 Å². The Kier molecular flexibility index (Phi) is 8.07. The summed E-state index contributed by atoms with van der Waals surface area (Å²) in [4.78, 5) is 10.9. The van der Waals surface area contributed by atoms with Crippen LogP contribution in [-0.2, 0) is 11.3 Å². The third-order valence-electron chi connectivity index (χ3n) is 3.41. The molecule has 2 aromatic rings. The molecule has 0 radical (unpaired) electrons. The Hall–Kier alpha value is -2.78. The minimum absolute atomic E-state index is 0.182. The molecule has 6 nitrogen and oxygen atoms in total. The van der Waals surface area contributed by atoms with Crippen LogP contribution < -0.4 is 0 Å². The van der Waals surface area contributed by atoms with E-state index in [9.17, 15) is 28.5 Å². The summed E-state index contributed by atoms with van der Waals surface area (Å²) in [6, 6.07) is 14.4. The van der Waals surface area contributed by atoms with Crippen molar-refractivity contribution in [1.82, 2.24) is 4.90 Å². The van der Waals surface area contributed by atoms with Crippen molar-refractivity contribution in [2.24, 2.45) is 0 Å². The van der Waals surface area contributed by atoms with Gasteiger partial charge in [0.05, 0.1) is 6.10 Å². The SMILES string of the molecule is CN(Cc1ccccc1)CC(O)c1ccc(O)c(O)c1.O=C(O)C(F)(F)F. The number of likely N-dealkylation sites (N-methyl/N-ethyl adjacent to an activating group) is 1. The molecule has 0 amide bonds. The lowest BCUT2D eigenvalue weighted by atomic mass is 10.1. The molecule has 1 unspecified atom stereocenters. The average molecular weight is 387 g/mol. The number of halogens is 3. The van der Waals surface area contributed by atoms with Crippen LogP contribution in [0.4, 0.5) is 13.2 Å². The molecule has 0 aliphatic heterocycles. The summed E-state index contributed by atoms with van der Waals surface area (Å²) >= 11 is 0. The van der Waals surface area contributed by atoms with Gasteiger partial charge in [-0.15, -0.1) is 0 Å². The predicted octanol–water partition coefficient (Wildman–Crippen LogP) is 2.90. The highest BCUT2D eigenvalue weighted by molar-refractivity contribution is 5.73. The lowest BCUT2D eigenvalue weighted by molar-refractivity contribution is -0.192. The largest absolute Gasteiger partial charge is 0.504 e. The number of aromatic hydroxyl groups is 2. The van der Waals surface area contributed by atoms with Crippen molar-refractivity contribution in [3.8, 4) is 11.5 Å². The zero-order chi connectivity index (χ0) is 20.6. The molecule has 0 saturated heterocycles. The molecule has 0 spiro atoms. The molecular formula is C18H20F3NO5. The number of aliphatic hydroxyl groups excluding tert-OH is 1. The van der Waals surface area contributed by atoms with Crippen molar-refractivity contribution in [1.29, 1.82) is 0 Å². The topological polar surface area (TPSA) is 101 Å². The molecular weight excluding hydrogens is 367 g/mol. The first-order chi connectivity index (χ1) is 12.5. The van der Waals surface area contributed by atoms with Crippen molar-refractivity contribution in [3.05, 3.63) is 59.7 Å². The first-order valence-electron chi connectivity index (χ1n) is 7.73. The molecule has 148 valence electrons. The fraction of sp³-hybridized carbons (Fsp3) is 0.278. The van der Waals surface area contributed by atoms with Gasteiger partial charge in [0.25, 0.3) is 0 Å². The predicted molar refractivity (Wildman–Crippen MR) is 91.2 cm³/mol. The average Bonchev–Trinajstić information content (AvgIpc) is 2.57. The number of rotatable bonds is 5. The Morgan fingerprint density at radius 1 is 1.07 bits per heavy atom. The van der Waals surface area contributed by atoms with Crippen LogP contribution in [0.3, 0.4) is 0 Å². The summed E-state index contributed by atoms with van der Waals surface area (Å²) in [6.07, 6.45) is -5.80. The van der Waals surface area contributed by atoms with Crippen molar-refractivity contribution < 1.29 is 38.4 Å². The van der Waals surface area contributed by atoms with Crippen molar-refractivity contribution >= 4 is 5.97 Å². The Labute approximate surface area is 153 Å². The summed E-state index contributed by atoms with van der Waals surface area (Å²) in [6.45, 7) is 1.18. The second-order valence-corrected chi connectivity index (χ2v) is 5.75. The fourth-order valence-corrected chi connectivity index (χ4v) is 2.11. The molecule has 0 fully saturated rings. The number of hydrogen-bond acceptors (Lipinski definition) is 5. The van der Waals surface area contributed by atoms with Crippen LogP contribution in [0.15, 0.2) is 48.5 Å². The van der Waals surface area contributed by atoms with Gasteiger partial charge in [0.15, 0.2) is 11.5 Å². The van der Waals surface area contributed by atoms with Crippen LogP contribution in [-0.4, -0.2) is 51.1 Å². The van der Waals surface area contributed by atoms with E-state index >= 15 is 0 Å².